The zero-order chi connectivity index (χ0) is 26.9. The normalized spacial score (nSPS) is 14.3. The Morgan fingerprint density at radius 2 is 1.68 bits per heavy atom. The molecule has 4 rings (SSSR count). The molecular weight excluding hydrogens is 542 g/mol. The van der Waals surface area contributed by atoms with Crippen LogP contribution in [0.4, 0.5) is 4.39 Å². The molecule has 1 fully saturated rings. The fraction of sp³-hybridized carbons (Fsp3) is 0.333. The Kier molecular flexibility index (Phi) is 10.5. The lowest BCUT2D eigenvalue weighted by molar-refractivity contribution is -0.139. The number of nitrogens with zero attached hydrogens (tertiary/aromatic N) is 1. The number of amides is 2. The zero-order valence-electron chi connectivity index (χ0n) is 21.0. The summed E-state index contributed by atoms with van der Waals surface area (Å²) < 4.78 is 13.6. The van der Waals surface area contributed by atoms with Crippen LogP contribution in [0, 0.1) is 5.82 Å². The third kappa shape index (κ3) is 8.23. The summed E-state index contributed by atoms with van der Waals surface area (Å²) >= 11 is 13.8. The smallest absolute Gasteiger partial charge is 0.243 e. The minimum Gasteiger partial charge on any atom is -0.352 e. The van der Waals surface area contributed by atoms with Gasteiger partial charge in [-0.2, -0.15) is 0 Å². The molecular formula is C30H31Cl2FN2O2S. The second-order valence-electron chi connectivity index (χ2n) is 9.57. The molecule has 4 nitrogen and oxygen atoms in total. The molecule has 200 valence electrons. The molecule has 38 heavy (non-hydrogen) atoms. The number of benzene rings is 3. The first-order valence-electron chi connectivity index (χ1n) is 12.8. The van der Waals surface area contributed by atoms with E-state index in [1.54, 1.807) is 29.2 Å². The predicted molar refractivity (Wildman–Crippen MR) is 154 cm³/mol. The molecule has 0 aromatic heterocycles. The number of carbonyl (C=O) groups is 2. The first-order valence-corrected chi connectivity index (χ1v) is 14.7. The van der Waals surface area contributed by atoms with E-state index in [4.69, 9.17) is 23.2 Å². The van der Waals surface area contributed by atoms with Gasteiger partial charge in [-0.05, 0) is 53.8 Å². The molecule has 0 radical (unpaired) electrons. The van der Waals surface area contributed by atoms with Gasteiger partial charge in [0.15, 0.2) is 0 Å². The lowest BCUT2D eigenvalue weighted by Gasteiger charge is -2.32. The van der Waals surface area contributed by atoms with Gasteiger partial charge in [0.2, 0.25) is 11.8 Å². The summed E-state index contributed by atoms with van der Waals surface area (Å²) in [5.41, 5.74) is 2.62. The summed E-state index contributed by atoms with van der Waals surface area (Å²) in [6.07, 6.45) is 4.48. The lowest BCUT2D eigenvalue weighted by Crippen LogP contribution is -2.52. The molecule has 1 N–H and O–H groups in total. The number of halogens is 3. The van der Waals surface area contributed by atoms with Crippen LogP contribution in [0.3, 0.4) is 0 Å². The number of thioether (sulfide) groups is 1. The van der Waals surface area contributed by atoms with E-state index in [2.05, 4.69) is 5.32 Å². The molecule has 3 aromatic rings. The van der Waals surface area contributed by atoms with Crippen LogP contribution in [0.25, 0.3) is 0 Å². The fourth-order valence-electron chi connectivity index (χ4n) is 4.68. The highest BCUT2D eigenvalue weighted by molar-refractivity contribution is 7.99. The topological polar surface area (TPSA) is 49.4 Å². The molecule has 1 atom stereocenters. The second kappa shape index (κ2) is 14.0. The first-order chi connectivity index (χ1) is 18.4. The van der Waals surface area contributed by atoms with Gasteiger partial charge in [-0.25, -0.2) is 4.39 Å². The van der Waals surface area contributed by atoms with Gasteiger partial charge in [0, 0.05) is 34.8 Å². The van der Waals surface area contributed by atoms with Crippen LogP contribution in [0.1, 0.15) is 42.4 Å². The number of rotatable bonds is 11. The number of nitrogens with one attached hydrogen (secondary N) is 1. The van der Waals surface area contributed by atoms with Gasteiger partial charge >= 0.3 is 0 Å². The van der Waals surface area contributed by atoms with Crippen molar-refractivity contribution in [2.75, 3.05) is 5.75 Å². The molecule has 8 heteroatoms. The van der Waals surface area contributed by atoms with Crippen molar-refractivity contribution < 1.29 is 14.0 Å². The number of hydrogen-bond acceptors (Lipinski definition) is 3. The highest BCUT2D eigenvalue weighted by atomic mass is 35.5. The largest absolute Gasteiger partial charge is 0.352 e. The average molecular weight is 574 g/mol. The van der Waals surface area contributed by atoms with Crippen molar-refractivity contribution >= 4 is 46.8 Å². The quantitative estimate of drug-likeness (QED) is 0.267. The van der Waals surface area contributed by atoms with Crippen LogP contribution < -0.4 is 5.32 Å². The van der Waals surface area contributed by atoms with Gasteiger partial charge < -0.3 is 10.2 Å². The third-order valence-electron chi connectivity index (χ3n) is 6.74. The van der Waals surface area contributed by atoms with E-state index < -0.39 is 6.04 Å². The Bertz CT molecular complexity index is 1220. The Morgan fingerprint density at radius 3 is 2.37 bits per heavy atom. The van der Waals surface area contributed by atoms with Gasteiger partial charge in [-0.3, -0.25) is 9.59 Å². The summed E-state index contributed by atoms with van der Waals surface area (Å²) in [5, 5.41) is 4.31. The lowest BCUT2D eigenvalue weighted by atomic mass is 10.0. The van der Waals surface area contributed by atoms with Crippen LogP contribution in [0.2, 0.25) is 10.0 Å². The highest BCUT2D eigenvalue weighted by Gasteiger charge is 2.32. The number of carbonyl (C=O) groups excluding carboxylic acids is 2. The van der Waals surface area contributed by atoms with E-state index in [-0.39, 0.29) is 36.0 Å². The Labute approximate surface area is 237 Å². The average Bonchev–Trinajstić information content (AvgIpc) is 3.42. The summed E-state index contributed by atoms with van der Waals surface area (Å²) in [4.78, 5) is 29.0. The van der Waals surface area contributed by atoms with Gasteiger partial charge in [-0.15, -0.1) is 11.8 Å². The van der Waals surface area contributed by atoms with E-state index >= 15 is 0 Å². The standard InChI is InChI=1S/C30H31Cl2FN2O2S/c31-24-13-12-23(27(32)17-24)19-38-20-29(36)35(18-22-10-14-25(33)15-11-22)28(16-21-6-2-1-3-7-21)30(37)34-26-8-4-5-9-26/h1-3,6-7,10-15,17,26,28H,4-5,8-9,16,18-20H2,(H,34,37). The summed E-state index contributed by atoms with van der Waals surface area (Å²) in [6, 6.07) is 20.5. The summed E-state index contributed by atoms with van der Waals surface area (Å²) in [6.45, 7) is 0.205. The van der Waals surface area contributed by atoms with E-state index in [9.17, 15) is 14.0 Å². The van der Waals surface area contributed by atoms with E-state index in [0.29, 0.717) is 22.2 Å². The molecule has 0 bridgehead atoms. The summed E-state index contributed by atoms with van der Waals surface area (Å²) in [5.74, 6) is 0.0436. The zero-order valence-corrected chi connectivity index (χ0v) is 23.4. The van der Waals surface area contributed by atoms with Crippen molar-refractivity contribution in [2.45, 2.75) is 56.5 Å². The van der Waals surface area contributed by atoms with Crippen LogP contribution in [0.5, 0.6) is 0 Å². The molecule has 1 aliphatic rings. The number of hydrogen-bond donors (Lipinski definition) is 1. The molecule has 0 saturated heterocycles. The van der Waals surface area contributed by atoms with Crippen LogP contribution in [-0.4, -0.2) is 34.6 Å². The van der Waals surface area contributed by atoms with Crippen molar-refractivity contribution in [2.24, 2.45) is 0 Å². The molecule has 3 aromatic carbocycles. The Hall–Kier alpha value is -2.54. The highest BCUT2D eigenvalue weighted by Crippen LogP contribution is 2.26. The second-order valence-corrected chi connectivity index (χ2v) is 11.4. The van der Waals surface area contributed by atoms with Gasteiger partial charge in [-0.1, -0.05) is 84.6 Å². The Morgan fingerprint density at radius 1 is 0.974 bits per heavy atom. The van der Waals surface area contributed by atoms with Gasteiger partial charge in [0.1, 0.15) is 11.9 Å². The molecule has 2 amide bonds. The van der Waals surface area contributed by atoms with Crippen LogP contribution in [-0.2, 0) is 28.3 Å². The molecule has 0 aliphatic heterocycles. The SMILES string of the molecule is O=C(NC1CCCC1)C(Cc1ccccc1)N(Cc1ccc(F)cc1)C(=O)CSCc1ccc(Cl)cc1Cl. The van der Waals surface area contributed by atoms with Gasteiger partial charge in [0.05, 0.1) is 5.75 Å². The van der Waals surface area contributed by atoms with E-state index in [0.717, 1.165) is 42.4 Å². The maximum Gasteiger partial charge on any atom is 0.243 e. The van der Waals surface area contributed by atoms with Crippen LogP contribution in [0.15, 0.2) is 72.8 Å². The molecule has 1 unspecified atom stereocenters. The maximum absolute atomic E-state index is 13.7. The van der Waals surface area contributed by atoms with Crippen molar-refractivity contribution in [1.29, 1.82) is 0 Å². The summed E-state index contributed by atoms with van der Waals surface area (Å²) in [7, 11) is 0. The monoisotopic (exact) mass is 572 g/mol. The maximum atomic E-state index is 13.7. The molecule has 0 heterocycles. The van der Waals surface area contributed by atoms with Gasteiger partial charge in [0.25, 0.3) is 0 Å². The minimum absolute atomic E-state index is 0.130. The van der Waals surface area contributed by atoms with E-state index in [1.165, 1.54) is 23.9 Å². The molecule has 0 spiro atoms. The first kappa shape index (κ1) is 28.5. The van der Waals surface area contributed by atoms with Crippen molar-refractivity contribution in [3.05, 3.63) is 105 Å². The predicted octanol–water partition coefficient (Wildman–Crippen LogP) is 7.06. The van der Waals surface area contributed by atoms with Crippen LogP contribution >= 0.6 is 35.0 Å². The minimum atomic E-state index is -0.699. The van der Waals surface area contributed by atoms with Crippen molar-refractivity contribution in [3.63, 3.8) is 0 Å². The Balaban J connectivity index is 1.56. The van der Waals surface area contributed by atoms with E-state index in [1.807, 2.05) is 36.4 Å². The van der Waals surface area contributed by atoms with Crippen molar-refractivity contribution in [3.8, 4) is 0 Å². The fourth-order valence-corrected chi connectivity index (χ4v) is 6.15. The van der Waals surface area contributed by atoms with Crippen molar-refractivity contribution in [1.82, 2.24) is 10.2 Å². The molecule has 1 saturated carbocycles. The molecule has 1 aliphatic carbocycles. The third-order valence-corrected chi connectivity index (χ3v) is 8.29.